The Morgan fingerprint density at radius 2 is 2.10 bits per heavy atom. The minimum absolute atomic E-state index is 0.737. The van der Waals surface area contributed by atoms with Gasteiger partial charge >= 0.3 is 0 Å². The van der Waals surface area contributed by atoms with Crippen molar-refractivity contribution in [2.45, 2.75) is 65.0 Å². The van der Waals surface area contributed by atoms with E-state index in [1.807, 2.05) is 6.20 Å². The van der Waals surface area contributed by atoms with Crippen LogP contribution in [0.3, 0.4) is 0 Å². The van der Waals surface area contributed by atoms with Gasteiger partial charge in [0.2, 0.25) is 5.95 Å². The first-order valence-corrected chi connectivity index (χ1v) is 8.57. The number of aryl methyl sites for hydroxylation is 1. The van der Waals surface area contributed by atoms with Crippen molar-refractivity contribution in [3.63, 3.8) is 0 Å². The van der Waals surface area contributed by atoms with Crippen LogP contribution in [0.15, 0.2) is 6.20 Å². The van der Waals surface area contributed by atoms with Crippen LogP contribution in [0.1, 0.15) is 56.7 Å². The van der Waals surface area contributed by atoms with Crippen molar-refractivity contribution >= 4 is 5.95 Å². The van der Waals surface area contributed by atoms with Gasteiger partial charge in [0.1, 0.15) is 0 Å². The molecule has 4 nitrogen and oxygen atoms in total. The summed E-state index contributed by atoms with van der Waals surface area (Å²) >= 11 is 0. The second-order valence-corrected chi connectivity index (χ2v) is 6.63. The van der Waals surface area contributed by atoms with Crippen LogP contribution in [0.25, 0.3) is 0 Å². The number of aromatic nitrogens is 2. The molecule has 1 aromatic heterocycles. The van der Waals surface area contributed by atoms with Crippen molar-refractivity contribution in [1.29, 1.82) is 0 Å². The number of rotatable bonds is 5. The van der Waals surface area contributed by atoms with E-state index >= 15 is 0 Å². The zero-order valence-corrected chi connectivity index (χ0v) is 13.4. The Kier molecular flexibility index (Phi) is 4.73. The summed E-state index contributed by atoms with van der Waals surface area (Å²) in [5.74, 6) is 1.82. The van der Waals surface area contributed by atoms with Gasteiger partial charge < -0.3 is 10.2 Å². The maximum atomic E-state index is 4.76. The summed E-state index contributed by atoms with van der Waals surface area (Å²) in [4.78, 5) is 11.8. The molecule has 0 bridgehead atoms. The van der Waals surface area contributed by atoms with Crippen molar-refractivity contribution in [2.75, 3.05) is 18.0 Å². The van der Waals surface area contributed by atoms with Gasteiger partial charge in [-0.1, -0.05) is 13.3 Å². The lowest BCUT2D eigenvalue weighted by Gasteiger charge is -2.21. The Morgan fingerprint density at radius 1 is 1.24 bits per heavy atom. The molecule has 2 aliphatic rings. The van der Waals surface area contributed by atoms with E-state index in [4.69, 9.17) is 4.98 Å². The van der Waals surface area contributed by atoms with Gasteiger partial charge in [0.15, 0.2) is 0 Å². The number of nitrogens with one attached hydrogen (secondary N) is 1. The van der Waals surface area contributed by atoms with Crippen molar-refractivity contribution in [3.05, 3.63) is 17.5 Å². The van der Waals surface area contributed by atoms with E-state index in [0.29, 0.717) is 0 Å². The third-order valence-electron chi connectivity index (χ3n) is 4.93. The molecule has 2 heterocycles. The van der Waals surface area contributed by atoms with Crippen LogP contribution in [0, 0.1) is 12.8 Å². The largest absolute Gasteiger partial charge is 0.341 e. The van der Waals surface area contributed by atoms with Gasteiger partial charge in [-0.2, -0.15) is 0 Å². The minimum atomic E-state index is 0.737. The summed E-state index contributed by atoms with van der Waals surface area (Å²) in [6.45, 7) is 7.55. The summed E-state index contributed by atoms with van der Waals surface area (Å²) in [5, 5.41) is 3.54. The van der Waals surface area contributed by atoms with Crippen LogP contribution in [0.2, 0.25) is 0 Å². The van der Waals surface area contributed by atoms with Gasteiger partial charge in [-0.3, -0.25) is 0 Å². The van der Waals surface area contributed by atoms with Crippen molar-refractivity contribution in [3.8, 4) is 0 Å². The zero-order valence-electron chi connectivity index (χ0n) is 13.4. The predicted octanol–water partition coefficient (Wildman–Crippen LogP) is 3.05. The third-order valence-corrected chi connectivity index (χ3v) is 4.93. The van der Waals surface area contributed by atoms with E-state index in [1.165, 1.54) is 44.1 Å². The van der Waals surface area contributed by atoms with Crippen molar-refractivity contribution in [2.24, 2.45) is 5.92 Å². The molecule has 21 heavy (non-hydrogen) atoms. The van der Waals surface area contributed by atoms with Gasteiger partial charge in [0.25, 0.3) is 0 Å². The molecular weight excluding hydrogens is 260 g/mol. The summed E-state index contributed by atoms with van der Waals surface area (Å²) in [7, 11) is 0. The fraction of sp³-hybridized carbons (Fsp3) is 0.765. The summed E-state index contributed by atoms with van der Waals surface area (Å²) in [5.41, 5.74) is 2.37. The summed E-state index contributed by atoms with van der Waals surface area (Å²) < 4.78 is 0. The number of hydrogen-bond donors (Lipinski definition) is 1. The highest BCUT2D eigenvalue weighted by Crippen LogP contribution is 2.23. The Hall–Kier alpha value is -1.16. The molecule has 1 unspecified atom stereocenters. The van der Waals surface area contributed by atoms with Gasteiger partial charge in [0, 0.05) is 43.1 Å². The van der Waals surface area contributed by atoms with Gasteiger partial charge in [-0.15, -0.1) is 0 Å². The van der Waals surface area contributed by atoms with Gasteiger partial charge in [-0.05, 0) is 44.9 Å². The second kappa shape index (κ2) is 6.73. The van der Waals surface area contributed by atoms with E-state index < -0.39 is 0 Å². The van der Waals surface area contributed by atoms with Crippen LogP contribution >= 0.6 is 0 Å². The normalized spacial score (nSPS) is 23.1. The molecule has 4 heteroatoms. The topological polar surface area (TPSA) is 41.1 Å². The molecule has 0 aromatic carbocycles. The monoisotopic (exact) mass is 288 g/mol. The number of anilines is 1. The number of nitrogens with zero attached hydrogens (tertiary/aromatic N) is 3. The smallest absolute Gasteiger partial charge is 0.225 e. The highest BCUT2D eigenvalue weighted by Gasteiger charge is 2.21. The fourth-order valence-electron chi connectivity index (χ4n) is 3.12. The molecule has 0 spiro atoms. The molecule has 2 fully saturated rings. The van der Waals surface area contributed by atoms with E-state index in [9.17, 15) is 0 Å². The Labute approximate surface area is 128 Å². The summed E-state index contributed by atoms with van der Waals surface area (Å²) in [6, 6.07) is 0.737. The molecule has 1 aliphatic heterocycles. The Balaban J connectivity index is 1.63. The fourth-order valence-corrected chi connectivity index (χ4v) is 3.12. The molecule has 3 rings (SSSR count). The van der Waals surface area contributed by atoms with Crippen molar-refractivity contribution < 1.29 is 0 Å². The molecule has 0 radical (unpaired) electrons. The van der Waals surface area contributed by atoms with E-state index in [1.54, 1.807) is 0 Å². The van der Waals surface area contributed by atoms with Gasteiger partial charge in [0.05, 0.1) is 0 Å². The van der Waals surface area contributed by atoms with Crippen LogP contribution in [0.4, 0.5) is 5.95 Å². The quantitative estimate of drug-likeness (QED) is 0.904. The molecular formula is C17H28N4. The maximum absolute atomic E-state index is 4.76. The van der Waals surface area contributed by atoms with E-state index in [-0.39, 0.29) is 0 Å². The molecule has 1 atom stereocenters. The van der Waals surface area contributed by atoms with Crippen molar-refractivity contribution in [1.82, 2.24) is 15.3 Å². The zero-order chi connectivity index (χ0) is 14.7. The van der Waals surface area contributed by atoms with Crippen LogP contribution in [0.5, 0.6) is 0 Å². The lowest BCUT2D eigenvalue weighted by atomic mass is 9.98. The minimum Gasteiger partial charge on any atom is -0.341 e. The first-order valence-electron chi connectivity index (χ1n) is 8.57. The summed E-state index contributed by atoms with van der Waals surface area (Å²) in [6.07, 6.45) is 9.88. The average molecular weight is 288 g/mol. The molecule has 116 valence electrons. The first-order chi connectivity index (χ1) is 10.3. The highest BCUT2D eigenvalue weighted by atomic mass is 15.2. The highest BCUT2D eigenvalue weighted by molar-refractivity contribution is 5.33. The standard InChI is InChI=1S/C17H28N4/c1-3-14-5-4-9-21(10-8-14)17-19-12-15(13(2)20-17)11-18-16-6-7-16/h12,14,16,18H,3-11H2,1-2H3. The second-order valence-electron chi connectivity index (χ2n) is 6.63. The SMILES string of the molecule is CCC1CCCN(c2ncc(CNC3CC3)c(C)n2)CC1. The molecule has 1 aliphatic carbocycles. The molecule has 1 N–H and O–H groups in total. The molecule has 1 saturated heterocycles. The van der Waals surface area contributed by atoms with E-state index in [2.05, 4.69) is 29.0 Å². The predicted molar refractivity (Wildman–Crippen MR) is 86.5 cm³/mol. The lowest BCUT2D eigenvalue weighted by molar-refractivity contribution is 0.459. The lowest BCUT2D eigenvalue weighted by Crippen LogP contribution is -2.27. The number of hydrogen-bond acceptors (Lipinski definition) is 4. The van der Waals surface area contributed by atoms with Crippen LogP contribution in [-0.4, -0.2) is 29.1 Å². The molecule has 1 aromatic rings. The Bertz CT molecular complexity index is 470. The Morgan fingerprint density at radius 3 is 2.81 bits per heavy atom. The molecule has 1 saturated carbocycles. The first kappa shape index (κ1) is 14.8. The third kappa shape index (κ3) is 3.94. The van der Waals surface area contributed by atoms with Crippen LogP contribution < -0.4 is 10.2 Å². The average Bonchev–Trinajstić information content (AvgIpc) is 3.32. The van der Waals surface area contributed by atoms with E-state index in [0.717, 1.165) is 43.2 Å². The maximum Gasteiger partial charge on any atom is 0.225 e. The molecule has 0 amide bonds. The van der Waals surface area contributed by atoms with Crippen LogP contribution in [-0.2, 0) is 6.54 Å². The van der Waals surface area contributed by atoms with Gasteiger partial charge in [-0.25, -0.2) is 9.97 Å².